The maximum Gasteiger partial charge on any atom is 0.198 e. The number of aromatic nitrogens is 1. The lowest BCUT2D eigenvalue weighted by molar-refractivity contribution is 0.594. The van der Waals surface area contributed by atoms with Crippen LogP contribution in [0.25, 0.3) is 0 Å². The number of nitrogens with two attached hydrogens (primary N) is 1. The average molecular weight is 246 g/mol. The number of pyridine rings is 1. The molecule has 0 aliphatic rings. The minimum absolute atomic E-state index is 0.00158. The zero-order chi connectivity index (χ0) is 11.3. The Labute approximate surface area is 94.2 Å². The number of hydrogen-bond donors (Lipinski definition) is 1. The van der Waals surface area contributed by atoms with Gasteiger partial charge in [-0.25, -0.2) is 13.4 Å². The second kappa shape index (κ2) is 5.37. The molecule has 1 aromatic heterocycles. The van der Waals surface area contributed by atoms with Gasteiger partial charge in [0.15, 0.2) is 14.9 Å². The first kappa shape index (κ1) is 12.3. The van der Waals surface area contributed by atoms with Crippen molar-refractivity contribution in [2.45, 2.75) is 11.9 Å². The molecule has 2 N–H and O–H groups in total. The third kappa shape index (κ3) is 3.39. The molecule has 0 unspecified atom stereocenters. The number of nitrogens with zero attached hydrogens (tertiary/aromatic N) is 1. The highest BCUT2D eigenvalue weighted by molar-refractivity contribution is 8.00. The van der Waals surface area contributed by atoms with E-state index in [1.807, 2.05) is 6.92 Å². The van der Waals surface area contributed by atoms with Crippen molar-refractivity contribution in [3.8, 4) is 0 Å². The molecule has 0 bridgehead atoms. The largest absolute Gasteiger partial charge is 0.396 e. The van der Waals surface area contributed by atoms with Crippen LogP contribution in [-0.2, 0) is 9.84 Å². The normalized spacial score (nSPS) is 11.5. The predicted molar refractivity (Wildman–Crippen MR) is 63.7 cm³/mol. The summed E-state index contributed by atoms with van der Waals surface area (Å²) in [5.74, 6) is 1.58. The highest BCUT2D eigenvalue weighted by Gasteiger charge is 2.18. The third-order valence-corrected chi connectivity index (χ3v) is 4.63. The summed E-state index contributed by atoms with van der Waals surface area (Å²) in [6.07, 6.45) is 1.44. The van der Waals surface area contributed by atoms with Crippen LogP contribution >= 0.6 is 11.8 Å². The second-order valence-electron chi connectivity index (χ2n) is 2.91. The third-order valence-electron chi connectivity index (χ3n) is 1.80. The molecule has 0 aliphatic carbocycles. The van der Waals surface area contributed by atoms with E-state index in [9.17, 15) is 8.42 Å². The summed E-state index contributed by atoms with van der Waals surface area (Å²) in [5, 5.41) is 0.00158. The standard InChI is InChI=1S/C9H14N2O2S2/c1-2-14-6-7-15(12,13)9-8(10)4-3-5-11-9/h3-5H,2,6-7,10H2,1H3. The zero-order valence-corrected chi connectivity index (χ0v) is 10.1. The fraction of sp³-hybridized carbons (Fsp3) is 0.444. The Morgan fingerprint density at radius 2 is 2.27 bits per heavy atom. The van der Waals surface area contributed by atoms with Crippen molar-refractivity contribution in [3.63, 3.8) is 0 Å². The quantitative estimate of drug-likeness (QED) is 0.790. The van der Waals surface area contributed by atoms with Crippen LogP contribution in [0.15, 0.2) is 23.4 Å². The van der Waals surface area contributed by atoms with Gasteiger partial charge in [0.05, 0.1) is 11.4 Å². The van der Waals surface area contributed by atoms with E-state index in [1.165, 1.54) is 6.20 Å². The van der Waals surface area contributed by atoms with Crippen LogP contribution in [-0.4, -0.2) is 30.7 Å². The van der Waals surface area contributed by atoms with Crippen molar-refractivity contribution in [2.75, 3.05) is 23.0 Å². The minimum atomic E-state index is -3.32. The van der Waals surface area contributed by atoms with E-state index in [-0.39, 0.29) is 16.5 Å². The molecule has 0 spiro atoms. The number of sulfone groups is 1. The summed E-state index contributed by atoms with van der Waals surface area (Å²) in [5.41, 5.74) is 5.78. The number of rotatable bonds is 5. The van der Waals surface area contributed by atoms with E-state index in [4.69, 9.17) is 5.73 Å². The molecular weight excluding hydrogens is 232 g/mol. The number of thioether (sulfide) groups is 1. The first-order valence-electron chi connectivity index (χ1n) is 4.59. The maximum atomic E-state index is 11.8. The van der Waals surface area contributed by atoms with Crippen molar-refractivity contribution in [2.24, 2.45) is 0 Å². The maximum absolute atomic E-state index is 11.8. The molecule has 0 radical (unpaired) electrons. The van der Waals surface area contributed by atoms with Crippen molar-refractivity contribution < 1.29 is 8.42 Å². The lowest BCUT2D eigenvalue weighted by atomic mass is 10.4. The molecule has 1 rings (SSSR count). The number of hydrogen-bond acceptors (Lipinski definition) is 5. The Balaban J connectivity index is 2.83. The van der Waals surface area contributed by atoms with Crippen LogP contribution in [0, 0.1) is 0 Å². The van der Waals surface area contributed by atoms with Gasteiger partial charge in [0.2, 0.25) is 0 Å². The van der Waals surface area contributed by atoms with Gasteiger partial charge in [-0.1, -0.05) is 6.92 Å². The topological polar surface area (TPSA) is 73.0 Å². The Morgan fingerprint density at radius 3 is 2.87 bits per heavy atom. The number of anilines is 1. The van der Waals surface area contributed by atoms with Gasteiger partial charge in [-0.3, -0.25) is 0 Å². The fourth-order valence-corrected chi connectivity index (χ4v) is 3.55. The summed E-state index contributed by atoms with van der Waals surface area (Å²) >= 11 is 1.59. The van der Waals surface area contributed by atoms with Gasteiger partial charge in [0.1, 0.15) is 0 Å². The van der Waals surface area contributed by atoms with E-state index in [2.05, 4.69) is 4.98 Å². The SMILES string of the molecule is CCSCCS(=O)(=O)c1ncccc1N. The van der Waals surface area contributed by atoms with Crippen LogP contribution in [0.2, 0.25) is 0 Å². The van der Waals surface area contributed by atoms with E-state index >= 15 is 0 Å². The summed E-state index contributed by atoms with van der Waals surface area (Å²) in [7, 11) is -3.32. The van der Waals surface area contributed by atoms with Gasteiger partial charge in [0.25, 0.3) is 0 Å². The van der Waals surface area contributed by atoms with Gasteiger partial charge in [-0.05, 0) is 17.9 Å². The fourth-order valence-electron chi connectivity index (χ4n) is 1.07. The molecule has 84 valence electrons. The lowest BCUT2D eigenvalue weighted by Gasteiger charge is -2.05. The smallest absolute Gasteiger partial charge is 0.198 e. The van der Waals surface area contributed by atoms with Crippen LogP contribution in [0.4, 0.5) is 5.69 Å². The molecule has 0 fully saturated rings. The average Bonchev–Trinajstić information content (AvgIpc) is 2.18. The molecular formula is C9H14N2O2S2. The van der Waals surface area contributed by atoms with E-state index in [0.717, 1.165) is 5.75 Å². The first-order valence-corrected chi connectivity index (χ1v) is 7.39. The molecule has 1 heterocycles. The Kier molecular flexibility index (Phi) is 4.41. The van der Waals surface area contributed by atoms with Crippen LogP contribution < -0.4 is 5.73 Å². The highest BCUT2D eigenvalue weighted by atomic mass is 32.2. The lowest BCUT2D eigenvalue weighted by Crippen LogP contribution is -2.13. The molecule has 0 saturated heterocycles. The Morgan fingerprint density at radius 1 is 1.53 bits per heavy atom. The summed E-state index contributed by atoms with van der Waals surface area (Å²) in [6.45, 7) is 1.99. The highest BCUT2D eigenvalue weighted by Crippen LogP contribution is 2.16. The number of nitrogen functional groups attached to an aromatic ring is 1. The van der Waals surface area contributed by atoms with Gasteiger partial charge in [-0.15, -0.1) is 0 Å². The van der Waals surface area contributed by atoms with E-state index in [0.29, 0.717) is 5.75 Å². The van der Waals surface area contributed by atoms with Crippen LogP contribution in [0.5, 0.6) is 0 Å². The first-order chi connectivity index (χ1) is 7.08. The Hall–Kier alpha value is -0.750. The van der Waals surface area contributed by atoms with Gasteiger partial charge in [0, 0.05) is 11.9 Å². The predicted octanol–water partition coefficient (Wildman–Crippen LogP) is 1.19. The Bertz CT molecular complexity index is 418. The molecule has 0 aromatic carbocycles. The van der Waals surface area contributed by atoms with Crippen LogP contribution in [0.1, 0.15) is 6.92 Å². The van der Waals surface area contributed by atoms with Crippen molar-refractivity contribution in [3.05, 3.63) is 18.3 Å². The second-order valence-corrected chi connectivity index (χ2v) is 6.33. The van der Waals surface area contributed by atoms with Crippen molar-refractivity contribution in [1.29, 1.82) is 0 Å². The molecule has 0 aliphatic heterocycles. The van der Waals surface area contributed by atoms with Crippen LogP contribution in [0.3, 0.4) is 0 Å². The summed E-state index contributed by atoms with van der Waals surface area (Å²) in [6, 6.07) is 3.17. The molecule has 0 atom stereocenters. The molecule has 0 saturated carbocycles. The van der Waals surface area contributed by atoms with Crippen molar-refractivity contribution in [1.82, 2.24) is 4.98 Å². The summed E-state index contributed by atoms with van der Waals surface area (Å²) < 4.78 is 23.5. The monoisotopic (exact) mass is 246 g/mol. The molecule has 15 heavy (non-hydrogen) atoms. The minimum Gasteiger partial charge on any atom is -0.396 e. The molecule has 4 nitrogen and oxygen atoms in total. The summed E-state index contributed by atoms with van der Waals surface area (Å²) in [4.78, 5) is 3.81. The molecule has 1 aromatic rings. The van der Waals surface area contributed by atoms with Crippen molar-refractivity contribution >= 4 is 27.3 Å². The van der Waals surface area contributed by atoms with E-state index in [1.54, 1.807) is 23.9 Å². The molecule has 6 heteroatoms. The zero-order valence-electron chi connectivity index (χ0n) is 8.51. The van der Waals surface area contributed by atoms with Gasteiger partial charge >= 0.3 is 0 Å². The molecule has 0 amide bonds. The van der Waals surface area contributed by atoms with Gasteiger partial charge < -0.3 is 5.73 Å². The van der Waals surface area contributed by atoms with Gasteiger partial charge in [-0.2, -0.15) is 11.8 Å². The van der Waals surface area contributed by atoms with E-state index < -0.39 is 9.84 Å².